The zero-order valence-corrected chi connectivity index (χ0v) is 16.6. The van der Waals surface area contributed by atoms with Gasteiger partial charge in [-0.2, -0.15) is 4.31 Å². The van der Waals surface area contributed by atoms with Crippen molar-refractivity contribution in [3.8, 4) is 10.6 Å². The summed E-state index contributed by atoms with van der Waals surface area (Å²) in [5.74, 6) is -0.587. The summed E-state index contributed by atoms with van der Waals surface area (Å²) in [6.07, 6.45) is 1.10. The first-order valence-corrected chi connectivity index (χ1v) is 11.1. The molecule has 6 nitrogen and oxygen atoms in total. The summed E-state index contributed by atoms with van der Waals surface area (Å²) in [5, 5.41) is 2.42. The molecular weight excluding hydrogens is 428 g/mol. The molecule has 3 heterocycles. The Morgan fingerprint density at radius 3 is 2.40 bits per heavy atom. The van der Waals surface area contributed by atoms with E-state index in [4.69, 9.17) is 9.47 Å². The molecule has 0 saturated carbocycles. The maximum Gasteiger partial charge on any atom is 0.261 e. The minimum absolute atomic E-state index is 0.111. The Kier molecular flexibility index (Phi) is 4.72. The predicted molar refractivity (Wildman–Crippen MR) is 97.9 cm³/mol. The number of halogens is 1. The van der Waals surface area contributed by atoms with E-state index in [1.165, 1.54) is 15.6 Å². The van der Waals surface area contributed by atoms with Gasteiger partial charge in [0, 0.05) is 41.3 Å². The van der Waals surface area contributed by atoms with Crippen molar-refractivity contribution in [2.75, 3.05) is 26.3 Å². The smallest absolute Gasteiger partial charge is 0.261 e. The molecule has 0 aliphatic carbocycles. The number of hydrogen-bond donors (Lipinski definition) is 0. The van der Waals surface area contributed by atoms with Crippen LogP contribution < -0.4 is 0 Å². The highest BCUT2D eigenvalue weighted by Crippen LogP contribution is 2.34. The Hall–Kier alpha value is -0.840. The number of benzene rings is 1. The van der Waals surface area contributed by atoms with Crippen molar-refractivity contribution in [2.24, 2.45) is 0 Å². The highest BCUT2D eigenvalue weighted by molar-refractivity contribution is 9.10. The van der Waals surface area contributed by atoms with Crippen LogP contribution in [0.1, 0.15) is 12.8 Å². The Morgan fingerprint density at radius 1 is 1.12 bits per heavy atom. The van der Waals surface area contributed by atoms with Gasteiger partial charge in [0.15, 0.2) is 10.8 Å². The lowest BCUT2D eigenvalue weighted by Gasteiger charge is -2.36. The summed E-state index contributed by atoms with van der Waals surface area (Å²) in [5.41, 5.74) is 0.903. The standard InChI is InChI=1S/C16H17BrN2O4S2/c17-13-3-1-12(2-4-13)15-18-14(11-24-15)25(20,21)19-7-5-16(6-8-19)22-9-10-23-16/h1-4,11H,5-10H2. The Balaban J connectivity index is 1.52. The molecule has 2 aliphatic heterocycles. The molecular formula is C16H17BrN2O4S2. The number of thiazole rings is 1. The van der Waals surface area contributed by atoms with E-state index in [9.17, 15) is 8.42 Å². The lowest BCUT2D eigenvalue weighted by molar-refractivity contribution is -0.179. The van der Waals surface area contributed by atoms with Crippen molar-refractivity contribution in [1.29, 1.82) is 0 Å². The molecule has 2 fully saturated rings. The van der Waals surface area contributed by atoms with Crippen LogP contribution in [0.5, 0.6) is 0 Å². The molecule has 2 aromatic rings. The lowest BCUT2D eigenvalue weighted by atomic mass is 10.1. The summed E-state index contributed by atoms with van der Waals surface area (Å²) >= 11 is 4.73. The molecule has 1 aromatic heterocycles. The van der Waals surface area contributed by atoms with Gasteiger partial charge in [-0.05, 0) is 12.1 Å². The molecule has 0 radical (unpaired) electrons. The summed E-state index contributed by atoms with van der Waals surface area (Å²) in [7, 11) is -3.59. The van der Waals surface area contributed by atoms with E-state index in [0.717, 1.165) is 10.0 Å². The van der Waals surface area contributed by atoms with Crippen LogP contribution >= 0.6 is 27.3 Å². The number of rotatable bonds is 3. The van der Waals surface area contributed by atoms with E-state index >= 15 is 0 Å². The fraction of sp³-hybridized carbons (Fsp3) is 0.438. The van der Waals surface area contributed by atoms with Crippen LogP contribution in [0.4, 0.5) is 0 Å². The average molecular weight is 445 g/mol. The fourth-order valence-electron chi connectivity index (χ4n) is 3.09. The number of nitrogens with zero attached hydrogens (tertiary/aromatic N) is 2. The summed E-state index contributed by atoms with van der Waals surface area (Å²) in [4.78, 5) is 4.36. The first-order chi connectivity index (χ1) is 12.0. The lowest BCUT2D eigenvalue weighted by Crippen LogP contribution is -2.47. The summed E-state index contributed by atoms with van der Waals surface area (Å²) in [6, 6.07) is 7.66. The predicted octanol–water partition coefficient (Wildman–Crippen LogP) is 3.10. The van der Waals surface area contributed by atoms with Crippen LogP contribution in [0.25, 0.3) is 10.6 Å². The molecule has 1 spiro atoms. The first-order valence-electron chi connectivity index (χ1n) is 7.98. The number of ether oxygens (including phenoxy) is 2. The van der Waals surface area contributed by atoms with Crippen LogP contribution in [0, 0.1) is 0 Å². The van der Waals surface area contributed by atoms with Gasteiger partial charge in [-0.25, -0.2) is 13.4 Å². The summed E-state index contributed by atoms with van der Waals surface area (Å²) in [6.45, 7) is 1.92. The quantitative estimate of drug-likeness (QED) is 0.727. The molecule has 2 aliphatic rings. The Bertz CT molecular complexity index is 851. The van der Waals surface area contributed by atoms with Crippen molar-refractivity contribution in [1.82, 2.24) is 9.29 Å². The van der Waals surface area contributed by atoms with Gasteiger partial charge in [0.2, 0.25) is 0 Å². The highest BCUT2D eigenvalue weighted by atomic mass is 79.9. The maximum atomic E-state index is 12.9. The zero-order valence-electron chi connectivity index (χ0n) is 13.4. The molecule has 4 rings (SSSR count). The van der Waals surface area contributed by atoms with E-state index < -0.39 is 15.8 Å². The molecule has 0 unspecified atom stereocenters. The van der Waals surface area contributed by atoms with Crippen LogP contribution in [-0.2, 0) is 19.5 Å². The molecule has 0 amide bonds. The normalized spacial score (nSPS) is 21.0. The van der Waals surface area contributed by atoms with E-state index in [1.807, 2.05) is 24.3 Å². The summed E-state index contributed by atoms with van der Waals surface area (Å²) < 4.78 is 39.5. The average Bonchev–Trinajstić information content (AvgIpc) is 3.27. The third kappa shape index (κ3) is 3.41. The van der Waals surface area contributed by atoms with Crippen molar-refractivity contribution < 1.29 is 17.9 Å². The molecule has 0 N–H and O–H groups in total. The van der Waals surface area contributed by atoms with E-state index in [0.29, 0.717) is 44.2 Å². The van der Waals surface area contributed by atoms with Gasteiger partial charge >= 0.3 is 0 Å². The molecule has 1 aromatic carbocycles. The largest absolute Gasteiger partial charge is 0.347 e. The van der Waals surface area contributed by atoms with Gasteiger partial charge in [0.1, 0.15) is 5.01 Å². The topological polar surface area (TPSA) is 68.7 Å². The number of piperidine rings is 1. The van der Waals surface area contributed by atoms with Gasteiger partial charge in [-0.3, -0.25) is 0 Å². The SMILES string of the molecule is O=S(=O)(c1csc(-c2ccc(Br)cc2)n1)N1CCC2(CC1)OCCO2. The second-order valence-corrected chi connectivity index (χ2v) is 9.67. The van der Waals surface area contributed by atoms with Gasteiger partial charge in [-0.1, -0.05) is 28.1 Å². The van der Waals surface area contributed by atoms with Crippen LogP contribution in [0.2, 0.25) is 0 Å². The highest BCUT2D eigenvalue weighted by Gasteiger charge is 2.43. The molecule has 0 atom stereocenters. The van der Waals surface area contributed by atoms with Crippen molar-refractivity contribution in [2.45, 2.75) is 23.7 Å². The molecule has 9 heteroatoms. The Morgan fingerprint density at radius 2 is 1.76 bits per heavy atom. The van der Waals surface area contributed by atoms with Crippen LogP contribution in [-0.4, -0.2) is 49.8 Å². The minimum Gasteiger partial charge on any atom is -0.347 e. The second kappa shape index (κ2) is 6.71. The van der Waals surface area contributed by atoms with Gasteiger partial charge < -0.3 is 9.47 Å². The third-order valence-corrected chi connectivity index (χ3v) is 7.83. The molecule has 25 heavy (non-hydrogen) atoms. The van der Waals surface area contributed by atoms with Crippen molar-refractivity contribution in [3.05, 3.63) is 34.1 Å². The first kappa shape index (κ1) is 17.6. The van der Waals surface area contributed by atoms with Gasteiger partial charge in [0.25, 0.3) is 10.0 Å². The van der Waals surface area contributed by atoms with Crippen LogP contribution in [0.15, 0.2) is 39.1 Å². The fourth-order valence-corrected chi connectivity index (χ4v) is 5.86. The van der Waals surface area contributed by atoms with Crippen LogP contribution in [0.3, 0.4) is 0 Å². The number of sulfonamides is 1. The van der Waals surface area contributed by atoms with Gasteiger partial charge in [-0.15, -0.1) is 11.3 Å². The Labute approximate surface area is 159 Å². The van der Waals surface area contributed by atoms with Gasteiger partial charge in [0.05, 0.1) is 13.2 Å². The van der Waals surface area contributed by atoms with E-state index in [-0.39, 0.29) is 5.03 Å². The minimum atomic E-state index is -3.59. The van der Waals surface area contributed by atoms with E-state index in [2.05, 4.69) is 20.9 Å². The van der Waals surface area contributed by atoms with Crippen molar-refractivity contribution >= 4 is 37.3 Å². The second-order valence-electron chi connectivity index (χ2n) is 6.01. The molecule has 2 saturated heterocycles. The van der Waals surface area contributed by atoms with E-state index in [1.54, 1.807) is 5.38 Å². The molecule has 0 bridgehead atoms. The number of aromatic nitrogens is 1. The van der Waals surface area contributed by atoms with Crippen molar-refractivity contribution in [3.63, 3.8) is 0 Å². The number of hydrogen-bond acceptors (Lipinski definition) is 6. The zero-order chi connectivity index (χ0) is 17.5. The third-order valence-electron chi connectivity index (χ3n) is 4.48. The maximum absolute atomic E-state index is 12.9. The molecule has 134 valence electrons. The monoisotopic (exact) mass is 444 g/mol.